The molecule has 0 bridgehead atoms. The number of hydrogen-bond acceptors (Lipinski definition) is 1. The van der Waals surface area contributed by atoms with E-state index >= 15 is 0 Å². The molecular formula is C9H12ClF4NS. The van der Waals surface area contributed by atoms with Gasteiger partial charge in [-0.25, -0.2) is 4.98 Å². The van der Waals surface area contributed by atoms with Gasteiger partial charge < -0.3 is 0 Å². The first-order valence-corrected chi connectivity index (χ1v) is 7.15. The first-order chi connectivity index (χ1) is 6.93. The number of halogens is 5. The zero-order valence-corrected chi connectivity index (χ0v) is 10.3. The molecule has 1 nitrogen and oxygen atoms in total. The third kappa shape index (κ3) is 3.01. The smallest absolute Gasteiger partial charge is 0.202 e. The van der Waals surface area contributed by atoms with E-state index in [2.05, 4.69) is 4.98 Å². The zero-order chi connectivity index (χ0) is 12.7. The van der Waals surface area contributed by atoms with Crippen LogP contribution in [0, 0.1) is 6.92 Å². The standard InChI is InChI=1S/C9H12ClF4NS/c1-7-3-4-9(15-5-7)16(11,12,13,14)6-8(2)10/h3-5,8H,6H2,1-2H3. The molecule has 94 valence electrons. The summed E-state index contributed by atoms with van der Waals surface area (Å²) < 4.78 is 54.2. The fraction of sp³-hybridized carbons (Fsp3) is 0.444. The first kappa shape index (κ1) is 13.6. The normalized spacial score (nSPS) is 18.7. The number of hydrogen-bond donors (Lipinski definition) is 0. The number of alkyl halides is 1. The third-order valence-electron chi connectivity index (χ3n) is 1.91. The van der Waals surface area contributed by atoms with Crippen LogP contribution in [0.1, 0.15) is 12.5 Å². The van der Waals surface area contributed by atoms with Gasteiger partial charge in [-0.05, 0) is 25.5 Å². The molecule has 0 aliphatic heterocycles. The molecule has 0 aromatic carbocycles. The lowest BCUT2D eigenvalue weighted by molar-refractivity contribution is 0.436. The number of aryl methyl sites for hydroxylation is 1. The largest absolute Gasteiger partial charge is 0.243 e. The minimum Gasteiger partial charge on any atom is -0.243 e. The van der Waals surface area contributed by atoms with Crippen LogP contribution >= 0.6 is 21.4 Å². The van der Waals surface area contributed by atoms with Crippen molar-refractivity contribution in [3.8, 4) is 0 Å². The van der Waals surface area contributed by atoms with E-state index in [1.54, 1.807) is 6.92 Å². The van der Waals surface area contributed by atoms with E-state index in [0.717, 1.165) is 13.1 Å². The minimum atomic E-state index is -8.32. The average molecular weight is 278 g/mol. The Morgan fingerprint density at radius 3 is 2.25 bits per heavy atom. The van der Waals surface area contributed by atoms with E-state index in [-0.39, 0.29) is 0 Å². The first-order valence-electron chi connectivity index (χ1n) is 4.49. The summed E-state index contributed by atoms with van der Waals surface area (Å²) in [5, 5.41) is -2.78. The van der Waals surface area contributed by atoms with Crippen LogP contribution in [0.25, 0.3) is 0 Å². The van der Waals surface area contributed by atoms with Crippen LogP contribution in [0.4, 0.5) is 15.5 Å². The fourth-order valence-electron chi connectivity index (χ4n) is 1.27. The summed E-state index contributed by atoms with van der Waals surface area (Å²) in [4.78, 5) is 3.14. The summed E-state index contributed by atoms with van der Waals surface area (Å²) in [6.45, 7) is 2.68. The minimum absolute atomic E-state index is 0.538. The second kappa shape index (κ2) is 3.26. The Bertz CT molecular complexity index is 397. The van der Waals surface area contributed by atoms with E-state index < -0.39 is 26.0 Å². The Morgan fingerprint density at radius 2 is 1.88 bits per heavy atom. The fourth-order valence-corrected chi connectivity index (χ4v) is 3.78. The molecule has 1 unspecified atom stereocenters. The lowest BCUT2D eigenvalue weighted by Gasteiger charge is -2.49. The van der Waals surface area contributed by atoms with E-state index in [4.69, 9.17) is 11.6 Å². The highest BCUT2D eigenvalue weighted by molar-refractivity contribution is 8.49. The van der Waals surface area contributed by atoms with E-state index in [1.165, 1.54) is 6.07 Å². The van der Waals surface area contributed by atoms with Crippen molar-refractivity contribution in [3.63, 3.8) is 0 Å². The maximum absolute atomic E-state index is 13.6. The van der Waals surface area contributed by atoms with Crippen molar-refractivity contribution in [2.75, 3.05) is 5.75 Å². The number of nitrogens with zero attached hydrogens (tertiary/aromatic N) is 1. The van der Waals surface area contributed by atoms with Gasteiger partial charge in [-0.2, -0.15) is 0 Å². The predicted octanol–water partition coefficient (Wildman–Crippen LogP) is 4.79. The summed E-state index contributed by atoms with van der Waals surface area (Å²) in [7, 11) is -8.32. The third-order valence-corrected chi connectivity index (χ3v) is 4.59. The van der Waals surface area contributed by atoms with Crippen LogP contribution in [-0.2, 0) is 0 Å². The molecular weight excluding hydrogens is 266 g/mol. The molecule has 1 aromatic rings. The average Bonchev–Trinajstić information content (AvgIpc) is 1.99. The monoisotopic (exact) mass is 277 g/mol. The maximum Gasteiger partial charge on any atom is 0.202 e. The number of aromatic nitrogens is 1. The molecule has 0 radical (unpaired) electrons. The Morgan fingerprint density at radius 1 is 1.31 bits per heavy atom. The van der Waals surface area contributed by atoms with Crippen LogP contribution in [-0.4, -0.2) is 16.1 Å². The molecule has 1 aromatic heterocycles. The molecule has 0 saturated heterocycles. The highest BCUT2D eigenvalue weighted by atomic mass is 35.5. The summed E-state index contributed by atoms with van der Waals surface area (Å²) in [5.74, 6) is -1.67. The molecule has 1 heterocycles. The number of pyridine rings is 1. The SMILES string of the molecule is Cc1ccc(S(F)(F)(F)(F)CC(C)Cl)nc1. The molecule has 16 heavy (non-hydrogen) atoms. The zero-order valence-electron chi connectivity index (χ0n) is 8.76. The van der Waals surface area contributed by atoms with Crippen molar-refractivity contribution in [2.24, 2.45) is 0 Å². The molecule has 0 aliphatic rings. The Balaban J connectivity index is 3.31. The van der Waals surface area contributed by atoms with E-state index in [0.29, 0.717) is 11.6 Å². The molecule has 0 spiro atoms. The highest BCUT2D eigenvalue weighted by Crippen LogP contribution is 3.00. The van der Waals surface area contributed by atoms with Gasteiger partial charge >= 0.3 is 0 Å². The van der Waals surface area contributed by atoms with Crippen LogP contribution in [0.5, 0.6) is 0 Å². The quantitative estimate of drug-likeness (QED) is 0.572. The van der Waals surface area contributed by atoms with Crippen LogP contribution in [0.3, 0.4) is 0 Å². The topological polar surface area (TPSA) is 12.9 Å². The predicted molar refractivity (Wildman–Crippen MR) is 59.4 cm³/mol. The van der Waals surface area contributed by atoms with Crippen molar-refractivity contribution in [1.82, 2.24) is 4.98 Å². The van der Waals surface area contributed by atoms with Crippen LogP contribution in [0.2, 0.25) is 0 Å². The summed E-state index contributed by atoms with van der Waals surface area (Å²) in [5.41, 5.74) is 0.538. The molecule has 0 amide bonds. The second-order valence-electron chi connectivity index (χ2n) is 3.86. The molecule has 7 heteroatoms. The van der Waals surface area contributed by atoms with Gasteiger partial charge in [0.1, 0.15) is 0 Å². The van der Waals surface area contributed by atoms with Gasteiger partial charge in [0.25, 0.3) is 0 Å². The van der Waals surface area contributed by atoms with Gasteiger partial charge in [0.05, 0.1) is 5.75 Å². The Labute approximate surface area is 96.3 Å². The van der Waals surface area contributed by atoms with Gasteiger partial charge in [-0.3, -0.25) is 0 Å². The molecule has 1 atom stereocenters. The Kier molecular flexibility index (Phi) is 2.76. The van der Waals surface area contributed by atoms with Gasteiger partial charge in [0.15, 0.2) is 5.03 Å². The molecule has 0 saturated carbocycles. The van der Waals surface area contributed by atoms with Crippen molar-refractivity contribution in [3.05, 3.63) is 23.9 Å². The van der Waals surface area contributed by atoms with Gasteiger partial charge in [0.2, 0.25) is 9.84 Å². The van der Waals surface area contributed by atoms with Crippen molar-refractivity contribution < 1.29 is 15.5 Å². The van der Waals surface area contributed by atoms with Crippen LogP contribution < -0.4 is 0 Å². The van der Waals surface area contributed by atoms with Crippen molar-refractivity contribution in [1.29, 1.82) is 0 Å². The van der Waals surface area contributed by atoms with E-state index in [9.17, 15) is 15.5 Å². The number of rotatable bonds is 3. The Hall–Kier alpha value is -0.490. The van der Waals surface area contributed by atoms with Gasteiger partial charge in [-0.1, -0.05) is 6.07 Å². The van der Waals surface area contributed by atoms with Crippen molar-refractivity contribution in [2.45, 2.75) is 24.3 Å². The van der Waals surface area contributed by atoms with Gasteiger partial charge in [-0.15, -0.1) is 27.1 Å². The lowest BCUT2D eigenvalue weighted by Crippen LogP contribution is -2.24. The van der Waals surface area contributed by atoms with Gasteiger partial charge in [0, 0.05) is 11.6 Å². The highest BCUT2D eigenvalue weighted by Gasteiger charge is 2.66. The van der Waals surface area contributed by atoms with Crippen molar-refractivity contribution >= 4 is 21.4 Å². The summed E-state index contributed by atoms with van der Waals surface area (Å²) >= 11 is 5.26. The molecule has 0 fully saturated rings. The molecule has 1 rings (SSSR count). The second-order valence-corrected chi connectivity index (χ2v) is 7.84. The molecule has 0 N–H and O–H groups in total. The molecule has 0 aliphatic carbocycles. The van der Waals surface area contributed by atoms with E-state index in [1.807, 2.05) is 0 Å². The maximum atomic E-state index is 13.6. The summed E-state index contributed by atoms with van der Waals surface area (Å²) in [6, 6.07) is 1.84. The summed E-state index contributed by atoms with van der Waals surface area (Å²) in [6.07, 6.45) is 0.993. The van der Waals surface area contributed by atoms with Crippen LogP contribution in [0.15, 0.2) is 23.4 Å². The lowest BCUT2D eigenvalue weighted by atomic mass is 10.3.